The van der Waals surface area contributed by atoms with Gasteiger partial charge in [0.1, 0.15) is 16.7 Å². The van der Waals surface area contributed by atoms with Crippen molar-refractivity contribution < 1.29 is 17.9 Å². The number of sulfonamides is 1. The van der Waals surface area contributed by atoms with Crippen LogP contribution in [0, 0.1) is 0 Å². The van der Waals surface area contributed by atoms with Crippen molar-refractivity contribution in [3.05, 3.63) is 18.2 Å². The summed E-state index contributed by atoms with van der Waals surface area (Å²) in [6.45, 7) is 4.86. The minimum Gasteiger partial charge on any atom is -0.488 e. The fourth-order valence-electron chi connectivity index (χ4n) is 1.50. The zero-order valence-electron chi connectivity index (χ0n) is 11.3. The first-order chi connectivity index (χ1) is 8.90. The molecule has 0 aliphatic carbocycles. The molecule has 19 heavy (non-hydrogen) atoms. The highest BCUT2D eigenvalue weighted by Crippen LogP contribution is 2.24. The first kappa shape index (κ1) is 15.7. The Morgan fingerprint density at radius 1 is 1.42 bits per heavy atom. The van der Waals surface area contributed by atoms with Gasteiger partial charge in [0.15, 0.2) is 0 Å². The number of nitrogen functional groups attached to an aromatic ring is 1. The van der Waals surface area contributed by atoms with Crippen LogP contribution >= 0.6 is 0 Å². The Hall–Kier alpha value is -1.31. The smallest absolute Gasteiger partial charge is 0.242 e. The molecular weight excluding hydrogens is 268 g/mol. The third kappa shape index (κ3) is 4.38. The summed E-state index contributed by atoms with van der Waals surface area (Å²) in [7, 11) is -2.21. The molecule has 7 heteroatoms. The highest BCUT2D eigenvalue weighted by atomic mass is 32.2. The van der Waals surface area contributed by atoms with E-state index in [1.165, 1.54) is 19.2 Å². The lowest BCUT2D eigenvalue weighted by atomic mass is 10.3. The second kappa shape index (κ2) is 6.74. The van der Waals surface area contributed by atoms with E-state index in [1.54, 1.807) is 6.07 Å². The first-order valence-electron chi connectivity index (χ1n) is 5.98. The topological polar surface area (TPSA) is 90.6 Å². The molecule has 1 unspecified atom stereocenters. The highest BCUT2D eigenvalue weighted by molar-refractivity contribution is 7.89. The van der Waals surface area contributed by atoms with E-state index < -0.39 is 10.0 Å². The number of ether oxygens (including phenoxy) is 2. The first-order valence-corrected chi connectivity index (χ1v) is 7.46. The van der Waals surface area contributed by atoms with Crippen molar-refractivity contribution in [2.45, 2.75) is 24.8 Å². The van der Waals surface area contributed by atoms with Crippen molar-refractivity contribution in [3.63, 3.8) is 0 Å². The molecule has 0 radical (unpaired) electrons. The molecule has 1 aromatic carbocycles. The summed E-state index contributed by atoms with van der Waals surface area (Å²) < 4.78 is 36.3. The molecule has 6 nitrogen and oxygen atoms in total. The van der Waals surface area contributed by atoms with E-state index in [-0.39, 0.29) is 16.7 Å². The van der Waals surface area contributed by atoms with E-state index >= 15 is 0 Å². The summed E-state index contributed by atoms with van der Waals surface area (Å²) in [5.41, 5.74) is 5.88. The van der Waals surface area contributed by atoms with Crippen LogP contribution in [0.1, 0.15) is 13.8 Å². The molecule has 3 N–H and O–H groups in total. The van der Waals surface area contributed by atoms with Crippen molar-refractivity contribution in [1.29, 1.82) is 0 Å². The Kier molecular flexibility index (Phi) is 5.59. The van der Waals surface area contributed by atoms with Crippen molar-refractivity contribution in [1.82, 2.24) is 4.72 Å². The van der Waals surface area contributed by atoms with Gasteiger partial charge in [0, 0.05) is 12.7 Å². The van der Waals surface area contributed by atoms with Gasteiger partial charge in [-0.3, -0.25) is 0 Å². The standard InChI is InChI=1S/C12H20N2O4S/c1-4-17-8-9(2)18-10-5-6-12(11(13)7-10)19(15,16)14-3/h5-7,9,14H,4,8,13H2,1-3H3. The Balaban J connectivity index is 2.83. The summed E-state index contributed by atoms with van der Waals surface area (Å²) in [4.78, 5) is 0.0415. The number of nitrogens with two attached hydrogens (primary N) is 1. The normalized spacial score (nSPS) is 13.2. The molecule has 0 spiro atoms. The Labute approximate surface area is 113 Å². The van der Waals surface area contributed by atoms with Gasteiger partial charge in [-0.05, 0) is 33.0 Å². The monoisotopic (exact) mass is 288 g/mol. The van der Waals surface area contributed by atoms with Gasteiger partial charge < -0.3 is 15.2 Å². The molecule has 0 aromatic heterocycles. The van der Waals surface area contributed by atoms with Crippen LogP contribution in [0.3, 0.4) is 0 Å². The summed E-state index contributed by atoms with van der Waals surface area (Å²) in [5, 5.41) is 0. The van der Waals surface area contributed by atoms with Gasteiger partial charge >= 0.3 is 0 Å². The van der Waals surface area contributed by atoms with E-state index in [1.807, 2.05) is 13.8 Å². The van der Waals surface area contributed by atoms with Gasteiger partial charge in [-0.2, -0.15) is 0 Å². The van der Waals surface area contributed by atoms with E-state index in [0.717, 1.165) is 0 Å². The van der Waals surface area contributed by atoms with Crippen LogP contribution in [-0.2, 0) is 14.8 Å². The van der Waals surface area contributed by atoms with Crippen LogP contribution < -0.4 is 15.2 Å². The molecule has 0 saturated heterocycles. The van der Waals surface area contributed by atoms with Crippen molar-refractivity contribution in [3.8, 4) is 5.75 Å². The van der Waals surface area contributed by atoms with E-state index in [4.69, 9.17) is 15.2 Å². The minimum atomic E-state index is -3.54. The second-order valence-electron chi connectivity index (χ2n) is 4.00. The quantitative estimate of drug-likeness (QED) is 0.730. The molecular formula is C12H20N2O4S. The second-order valence-corrected chi connectivity index (χ2v) is 5.85. The number of hydrogen-bond donors (Lipinski definition) is 2. The predicted molar refractivity (Wildman–Crippen MR) is 73.7 cm³/mol. The van der Waals surface area contributed by atoms with Gasteiger partial charge in [-0.25, -0.2) is 13.1 Å². The Morgan fingerprint density at radius 2 is 2.11 bits per heavy atom. The summed E-state index contributed by atoms with van der Waals surface area (Å²) in [5.74, 6) is 0.514. The number of rotatable bonds is 7. The SMILES string of the molecule is CCOCC(C)Oc1ccc(S(=O)(=O)NC)c(N)c1. The number of anilines is 1. The predicted octanol–water partition coefficient (Wildman–Crippen LogP) is 0.981. The average molecular weight is 288 g/mol. The van der Waals surface area contributed by atoms with Crippen LogP contribution in [-0.4, -0.2) is 34.8 Å². The largest absolute Gasteiger partial charge is 0.488 e. The third-order valence-corrected chi connectivity index (χ3v) is 3.92. The zero-order chi connectivity index (χ0) is 14.5. The van der Waals surface area contributed by atoms with Crippen molar-refractivity contribution >= 4 is 15.7 Å². The number of hydrogen-bond acceptors (Lipinski definition) is 5. The average Bonchev–Trinajstić information content (AvgIpc) is 2.36. The molecule has 0 heterocycles. The summed E-state index contributed by atoms with van der Waals surface area (Å²) >= 11 is 0. The maximum Gasteiger partial charge on any atom is 0.242 e. The van der Waals surface area contributed by atoms with Crippen LogP contribution in [0.15, 0.2) is 23.1 Å². The van der Waals surface area contributed by atoms with Crippen LogP contribution in [0.25, 0.3) is 0 Å². The molecule has 1 aromatic rings. The molecule has 0 fully saturated rings. The molecule has 0 aliphatic heterocycles. The van der Waals surface area contributed by atoms with Crippen LogP contribution in [0.4, 0.5) is 5.69 Å². The zero-order valence-corrected chi connectivity index (χ0v) is 12.2. The fraction of sp³-hybridized carbons (Fsp3) is 0.500. The Bertz CT molecular complexity index is 516. The maximum absolute atomic E-state index is 11.6. The van der Waals surface area contributed by atoms with Crippen LogP contribution in [0.2, 0.25) is 0 Å². The van der Waals surface area contributed by atoms with E-state index in [9.17, 15) is 8.42 Å². The molecule has 1 rings (SSSR count). The minimum absolute atomic E-state index is 0.0415. The summed E-state index contributed by atoms with van der Waals surface area (Å²) in [6.07, 6.45) is -0.133. The van der Waals surface area contributed by atoms with Gasteiger partial charge in [-0.1, -0.05) is 0 Å². The molecule has 1 atom stereocenters. The molecule has 0 amide bonds. The van der Waals surface area contributed by atoms with Crippen molar-refractivity contribution in [2.75, 3.05) is 26.0 Å². The maximum atomic E-state index is 11.6. The lowest BCUT2D eigenvalue weighted by molar-refractivity contribution is 0.0657. The van der Waals surface area contributed by atoms with Gasteiger partial charge in [0.25, 0.3) is 0 Å². The lowest BCUT2D eigenvalue weighted by Crippen LogP contribution is -2.21. The van der Waals surface area contributed by atoms with Crippen LogP contribution in [0.5, 0.6) is 5.75 Å². The molecule has 108 valence electrons. The summed E-state index contributed by atoms with van der Waals surface area (Å²) in [6, 6.07) is 4.49. The fourth-order valence-corrected chi connectivity index (χ4v) is 2.34. The molecule has 0 saturated carbocycles. The van der Waals surface area contributed by atoms with Gasteiger partial charge in [0.2, 0.25) is 10.0 Å². The Morgan fingerprint density at radius 3 is 2.63 bits per heavy atom. The van der Waals surface area contributed by atoms with Gasteiger partial charge in [-0.15, -0.1) is 0 Å². The lowest BCUT2D eigenvalue weighted by Gasteiger charge is -2.15. The molecule has 0 bridgehead atoms. The third-order valence-electron chi connectivity index (χ3n) is 2.43. The van der Waals surface area contributed by atoms with Gasteiger partial charge in [0.05, 0.1) is 12.3 Å². The van der Waals surface area contributed by atoms with Crippen molar-refractivity contribution in [2.24, 2.45) is 0 Å². The highest BCUT2D eigenvalue weighted by Gasteiger charge is 2.16. The number of nitrogens with one attached hydrogen (secondary N) is 1. The van der Waals surface area contributed by atoms with E-state index in [0.29, 0.717) is 19.0 Å². The van der Waals surface area contributed by atoms with E-state index in [2.05, 4.69) is 4.72 Å². The number of benzene rings is 1. The molecule has 0 aliphatic rings.